The Morgan fingerprint density at radius 2 is 1.90 bits per heavy atom. The predicted molar refractivity (Wildman–Crippen MR) is 146 cm³/mol. The Bertz CT molecular complexity index is 1450. The van der Waals surface area contributed by atoms with Gasteiger partial charge in [0.25, 0.3) is 11.5 Å². The average Bonchev–Trinajstić information content (AvgIpc) is 3.34. The normalized spacial score (nSPS) is 18.2. The van der Waals surface area contributed by atoms with E-state index in [4.69, 9.17) is 0 Å². The first-order valence-electron chi connectivity index (χ1n) is 13.1. The number of hydrogen-bond acceptors (Lipinski definition) is 5. The van der Waals surface area contributed by atoms with Gasteiger partial charge in [-0.25, -0.2) is 9.49 Å². The van der Waals surface area contributed by atoms with Crippen molar-refractivity contribution in [3.8, 4) is 0 Å². The number of halogens is 1. The summed E-state index contributed by atoms with van der Waals surface area (Å²) < 4.78 is 13.9. The molecule has 2 aromatic carbocycles. The molecule has 3 N–H and O–H groups in total. The maximum absolute atomic E-state index is 13.9. The van der Waals surface area contributed by atoms with Crippen LogP contribution in [0.15, 0.2) is 53.3 Å². The van der Waals surface area contributed by atoms with Crippen LogP contribution in [-0.4, -0.2) is 50.2 Å². The summed E-state index contributed by atoms with van der Waals surface area (Å²) >= 11 is 0. The highest BCUT2D eigenvalue weighted by molar-refractivity contribution is 5.96. The molecule has 39 heavy (non-hydrogen) atoms. The molecule has 3 atom stereocenters. The van der Waals surface area contributed by atoms with Gasteiger partial charge in [0, 0.05) is 17.0 Å². The molecule has 4 rings (SSSR count). The number of benzene rings is 2. The second-order valence-electron chi connectivity index (χ2n) is 10.9. The van der Waals surface area contributed by atoms with Crippen LogP contribution in [0.2, 0.25) is 0 Å². The van der Waals surface area contributed by atoms with E-state index < -0.39 is 29.4 Å². The molecule has 206 valence electrons. The number of amides is 2. The second kappa shape index (κ2) is 11.1. The van der Waals surface area contributed by atoms with E-state index in [2.05, 4.69) is 15.5 Å². The monoisotopic (exact) mass is 534 g/mol. The molecule has 1 aliphatic rings. The summed E-state index contributed by atoms with van der Waals surface area (Å²) in [6.07, 6.45) is 1.14. The van der Waals surface area contributed by atoms with Gasteiger partial charge in [0.2, 0.25) is 5.91 Å². The van der Waals surface area contributed by atoms with Crippen molar-refractivity contribution in [3.05, 3.63) is 98.2 Å². The largest absolute Gasteiger partial charge is 0.388 e. The van der Waals surface area contributed by atoms with E-state index in [1.807, 2.05) is 19.9 Å². The Hall–Kier alpha value is -3.85. The molecule has 0 bridgehead atoms. The number of nitrogens with one attached hydrogen (secondary N) is 2. The van der Waals surface area contributed by atoms with Gasteiger partial charge in [-0.3, -0.25) is 14.4 Å². The standard InChI is InChI=1S/C30H35FN4O4/c1-17-13-21(9-10-23(17)19(3)24-14-18(2)33-34-29(24)38)28(37)32-16-27(36)35-25(11-12-26(35)30(4,5)39)20-7-6-8-22(31)15-20/h6-10,13-15,19,25-26,39H,11-12,16H2,1-5H3,(H,32,37)(H,34,38)/t19?,25-,26+/m0/s1. The lowest BCUT2D eigenvalue weighted by Gasteiger charge is -2.37. The molecule has 2 amide bonds. The molecule has 0 spiro atoms. The van der Waals surface area contributed by atoms with Crippen LogP contribution in [0.5, 0.6) is 0 Å². The Morgan fingerprint density at radius 3 is 2.56 bits per heavy atom. The van der Waals surface area contributed by atoms with Gasteiger partial charge in [-0.05, 0) is 87.6 Å². The summed E-state index contributed by atoms with van der Waals surface area (Å²) in [7, 11) is 0. The minimum Gasteiger partial charge on any atom is -0.388 e. The van der Waals surface area contributed by atoms with Gasteiger partial charge >= 0.3 is 0 Å². The third kappa shape index (κ3) is 6.09. The van der Waals surface area contributed by atoms with Gasteiger partial charge in [0.05, 0.1) is 29.9 Å². The zero-order valence-corrected chi connectivity index (χ0v) is 22.9. The van der Waals surface area contributed by atoms with E-state index in [0.717, 1.165) is 11.1 Å². The number of aromatic amines is 1. The van der Waals surface area contributed by atoms with Gasteiger partial charge in [0.1, 0.15) is 5.82 Å². The van der Waals surface area contributed by atoms with Crippen molar-refractivity contribution in [1.82, 2.24) is 20.4 Å². The van der Waals surface area contributed by atoms with E-state index in [9.17, 15) is 23.9 Å². The van der Waals surface area contributed by atoms with E-state index in [1.54, 1.807) is 56.0 Å². The first kappa shape index (κ1) is 28.2. The van der Waals surface area contributed by atoms with Crippen molar-refractivity contribution in [2.24, 2.45) is 0 Å². The average molecular weight is 535 g/mol. The van der Waals surface area contributed by atoms with Gasteiger partial charge in [-0.1, -0.05) is 25.1 Å². The maximum atomic E-state index is 13.9. The molecule has 0 aliphatic carbocycles. The number of H-pyrrole nitrogens is 1. The molecule has 1 saturated heterocycles. The van der Waals surface area contributed by atoms with Gasteiger partial charge in [-0.15, -0.1) is 0 Å². The van der Waals surface area contributed by atoms with E-state index >= 15 is 0 Å². The van der Waals surface area contributed by atoms with Crippen LogP contribution >= 0.6 is 0 Å². The molecule has 1 aliphatic heterocycles. The van der Waals surface area contributed by atoms with Crippen LogP contribution in [0, 0.1) is 19.7 Å². The predicted octanol–water partition coefficient (Wildman–Crippen LogP) is 3.91. The Balaban J connectivity index is 1.49. The number of aromatic nitrogens is 2. The summed E-state index contributed by atoms with van der Waals surface area (Å²) in [5, 5.41) is 19.9. The van der Waals surface area contributed by atoms with Gasteiger partial charge in [-0.2, -0.15) is 5.10 Å². The molecule has 8 nitrogen and oxygen atoms in total. The summed E-state index contributed by atoms with van der Waals surface area (Å²) in [6.45, 7) is 8.64. The topological polar surface area (TPSA) is 115 Å². The Labute approximate surface area is 227 Å². The molecule has 9 heteroatoms. The maximum Gasteiger partial charge on any atom is 0.267 e. The van der Waals surface area contributed by atoms with Gasteiger partial charge < -0.3 is 15.3 Å². The fourth-order valence-electron chi connectivity index (χ4n) is 5.56. The first-order chi connectivity index (χ1) is 18.4. The number of nitrogens with zero attached hydrogens (tertiary/aromatic N) is 2. The second-order valence-corrected chi connectivity index (χ2v) is 10.9. The van der Waals surface area contributed by atoms with Crippen molar-refractivity contribution in [2.75, 3.05) is 6.54 Å². The highest BCUT2D eigenvalue weighted by atomic mass is 19.1. The molecule has 0 saturated carbocycles. The SMILES string of the molecule is Cc1cc(C(C)c2ccc(C(=O)NCC(=O)N3[C@H](c4cccc(F)c4)CC[C@@H]3C(C)(C)O)cc2C)c(=O)[nH]n1. The Morgan fingerprint density at radius 1 is 1.15 bits per heavy atom. The highest BCUT2D eigenvalue weighted by Crippen LogP contribution is 2.40. The third-order valence-corrected chi connectivity index (χ3v) is 7.55. The minimum atomic E-state index is -1.17. The van der Waals surface area contributed by atoms with Crippen LogP contribution < -0.4 is 10.9 Å². The molecular weight excluding hydrogens is 499 g/mol. The molecular formula is C30H35FN4O4. The lowest BCUT2D eigenvalue weighted by molar-refractivity contribution is -0.138. The number of carbonyl (C=O) groups excluding carboxylic acids is 2. The highest BCUT2D eigenvalue weighted by Gasteiger charge is 2.44. The fraction of sp³-hybridized carbons (Fsp3) is 0.400. The van der Waals surface area contributed by atoms with Crippen molar-refractivity contribution >= 4 is 11.8 Å². The van der Waals surface area contributed by atoms with Crippen molar-refractivity contribution in [1.29, 1.82) is 0 Å². The zero-order chi connectivity index (χ0) is 28.5. The number of aliphatic hydroxyl groups is 1. The zero-order valence-electron chi connectivity index (χ0n) is 22.9. The third-order valence-electron chi connectivity index (χ3n) is 7.55. The van der Waals surface area contributed by atoms with Crippen molar-refractivity contribution < 1.29 is 19.1 Å². The van der Waals surface area contributed by atoms with Crippen LogP contribution in [0.25, 0.3) is 0 Å². The fourth-order valence-corrected chi connectivity index (χ4v) is 5.56. The van der Waals surface area contributed by atoms with E-state index in [1.165, 1.54) is 12.1 Å². The van der Waals surface area contributed by atoms with E-state index in [0.29, 0.717) is 35.2 Å². The molecule has 1 fully saturated rings. The number of likely N-dealkylation sites (tertiary alicyclic amines) is 1. The molecule has 2 heterocycles. The van der Waals surface area contributed by atoms with Crippen LogP contribution in [0.1, 0.15) is 83.9 Å². The summed E-state index contributed by atoms with van der Waals surface area (Å²) in [4.78, 5) is 40.3. The molecule has 1 unspecified atom stereocenters. The van der Waals surface area contributed by atoms with Crippen LogP contribution in [0.3, 0.4) is 0 Å². The molecule has 0 radical (unpaired) electrons. The van der Waals surface area contributed by atoms with E-state index in [-0.39, 0.29) is 23.9 Å². The minimum absolute atomic E-state index is 0.206. The van der Waals surface area contributed by atoms with Crippen LogP contribution in [0.4, 0.5) is 4.39 Å². The number of hydrogen-bond donors (Lipinski definition) is 3. The van der Waals surface area contributed by atoms with Gasteiger partial charge in [0.15, 0.2) is 0 Å². The first-order valence-corrected chi connectivity index (χ1v) is 13.1. The smallest absolute Gasteiger partial charge is 0.267 e. The quantitative estimate of drug-likeness (QED) is 0.425. The lowest BCUT2D eigenvalue weighted by atomic mass is 9.89. The summed E-state index contributed by atoms with van der Waals surface area (Å²) in [5.41, 5.74) is 2.66. The van der Waals surface area contributed by atoms with Crippen LogP contribution in [-0.2, 0) is 4.79 Å². The number of aryl methyl sites for hydroxylation is 2. The number of carbonyl (C=O) groups is 2. The Kier molecular flexibility index (Phi) is 8.02. The number of rotatable bonds is 7. The summed E-state index contributed by atoms with van der Waals surface area (Å²) in [5.74, 6) is -1.36. The molecule has 1 aromatic heterocycles. The lowest BCUT2D eigenvalue weighted by Crippen LogP contribution is -2.51. The van der Waals surface area contributed by atoms with Crippen molar-refractivity contribution in [2.45, 2.75) is 71.1 Å². The summed E-state index contributed by atoms with van der Waals surface area (Å²) in [6, 6.07) is 12.2. The molecule has 3 aromatic rings. The van der Waals surface area contributed by atoms with Crippen molar-refractivity contribution in [3.63, 3.8) is 0 Å².